The number of carbonyl (C=O) groups is 1. The quantitative estimate of drug-likeness (QED) is 0.608. The molecule has 1 aliphatic rings. The fourth-order valence-electron chi connectivity index (χ4n) is 1.25. The maximum Gasteiger partial charge on any atom is 0.151 e. The zero-order valence-corrected chi connectivity index (χ0v) is 7.52. The Kier molecular flexibility index (Phi) is 1.81. The highest BCUT2D eigenvalue weighted by Gasteiger charge is 2.43. The van der Waals surface area contributed by atoms with Crippen molar-refractivity contribution >= 4 is 5.78 Å². The SMILES string of the molecule is CC(=O)[C@]1(C)COC(C)(C)N1. The predicted octanol–water partition coefficient (Wildman–Crippen LogP) is 0.690. The summed E-state index contributed by atoms with van der Waals surface area (Å²) in [6.07, 6.45) is 0. The summed E-state index contributed by atoms with van der Waals surface area (Å²) >= 11 is 0. The number of ether oxygens (including phenoxy) is 1. The van der Waals surface area contributed by atoms with Crippen LogP contribution in [0.3, 0.4) is 0 Å². The van der Waals surface area contributed by atoms with Gasteiger partial charge in [0.2, 0.25) is 0 Å². The molecule has 1 N–H and O–H groups in total. The van der Waals surface area contributed by atoms with E-state index in [1.807, 2.05) is 20.8 Å². The standard InChI is InChI=1S/C8H15NO2/c1-6(10)8(4)5-11-7(2,3)9-8/h9H,5H2,1-4H3/t8-/m0/s1. The summed E-state index contributed by atoms with van der Waals surface area (Å²) in [7, 11) is 0. The van der Waals surface area contributed by atoms with Crippen molar-refractivity contribution in [2.75, 3.05) is 6.61 Å². The van der Waals surface area contributed by atoms with Crippen molar-refractivity contribution in [3.05, 3.63) is 0 Å². The molecule has 0 bridgehead atoms. The molecule has 0 saturated carbocycles. The van der Waals surface area contributed by atoms with Gasteiger partial charge in [-0.25, -0.2) is 0 Å². The molecule has 0 radical (unpaired) electrons. The second-order valence-corrected chi connectivity index (χ2v) is 3.81. The lowest BCUT2D eigenvalue weighted by atomic mass is 9.99. The molecule has 64 valence electrons. The van der Waals surface area contributed by atoms with Crippen LogP contribution in [0.1, 0.15) is 27.7 Å². The van der Waals surface area contributed by atoms with Gasteiger partial charge in [0.15, 0.2) is 5.78 Å². The molecule has 3 heteroatoms. The molecule has 1 aliphatic heterocycles. The van der Waals surface area contributed by atoms with E-state index in [2.05, 4.69) is 5.32 Å². The monoisotopic (exact) mass is 157 g/mol. The Hall–Kier alpha value is -0.410. The van der Waals surface area contributed by atoms with Crippen LogP contribution in [0.5, 0.6) is 0 Å². The summed E-state index contributed by atoms with van der Waals surface area (Å²) in [5, 5.41) is 3.13. The van der Waals surface area contributed by atoms with Gasteiger partial charge < -0.3 is 4.74 Å². The molecule has 1 heterocycles. The summed E-state index contributed by atoms with van der Waals surface area (Å²) in [4.78, 5) is 11.1. The summed E-state index contributed by atoms with van der Waals surface area (Å²) in [6.45, 7) is 7.75. The van der Waals surface area contributed by atoms with Crippen molar-refractivity contribution in [1.29, 1.82) is 0 Å². The van der Waals surface area contributed by atoms with Crippen molar-refractivity contribution < 1.29 is 9.53 Å². The minimum Gasteiger partial charge on any atom is -0.359 e. The van der Waals surface area contributed by atoms with Crippen LogP contribution >= 0.6 is 0 Å². The molecule has 0 aromatic heterocycles. The predicted molar refractivity (Wildman–Crippen MR) is 42.3 cm³/mol. The highest BCUT2D eigenvalue weighted by molar-refractivity contribution is 5.86. The van der Waals surface area contributed by atoms with Gasteiger partial charge in [-0.15, -0.1) is 0 Å². The van der Waals surface area contributed by atoms with E-state index in [1.54, 1.807) is 6.92 Å². The van der Waals surface area contributed by atoms with Gasteiger partial charge in [-0.3, -0.25) is 10.1 Å². The van der Waals surface area contributed by atoms with Crippen molar-refractivity contribution in [2.45, 2.75) is 39.0 Å². The number of nitrogens with one attached hydrogen (secondary N) is 1. The van der Waals surface area contributed by atoms with E-state index >= 15 is 0 Å². The molecular formula is C8H15NO2. The highest BCUT2D eigenvalue weighted by atomic mass is 16.5. The Morgan fingerprint density at radius 3 is 2.18 bits per heavy atom. The third-order valence-corrected chi connectivity index (χ3v) is 2.08. The average Bonchev–Trinajstić information content (AvgIpc) is 2.08. The van der Waals surface area contributed by atoms with Gasteiger partial charge >= 0.3 is 0 Å². The van der Waals surface area contributed by atoms with Crippen LogP contribution in [0, 0.1) is 0 Å². The summed E-state index contributed by atoms with van der Waals surface area (Å²) < 4.78 is 5.39. The van der Waals surface area contributed by atoms with Gasteiger partial charge in [-0.1, -0.05) is 0 Å². The van der Waals surface area contributed by atoms with Crippen LogP contribution in [0.4, 0.5) is 0 Å². The maximum absolute atomic E-state index is 11.1. The van der Waals surface area contributed by atoms with Crippen LogP contribution in [0.25, 0.3) is 0 Å². The van der Waals surface area contributed by atoms with Crippen LogP contribution in [-0.4, -0.2) is 23.7 Å². The van der Waals surface area contributed by atoms with E-state index in [9.17, 15) is 4.79 Å². The van der Waals surface area contributed by atoms with Crippen molar-refractivity contribution in [2.24, 2.45) is 0 Å². The molecule has 0 amide bonds. The zero-order valence-electron chi connectivity index (χ0n) is 7.52. The number of hydrogen-bond acceptors (Lipinski definition) is 3. The van der Waals surface area contributed by atoms with Crippen LogP contribution < -0.4 is 5.32 Å². The van der Waals surface area contributed by atoms with Crippen molar-refractivity contribution in [3.63, 3.8) is 0 Å². The van der Waals surface area contributed by atoms with Gasteiger partial charge in [-0.05, 0) is 27.7 Å². The fraction of sp³-hybridized carbons (Fsp3) is 0.875. The van der Waals surface area contributed by atoms with E-state index in [0.29, 0.717) is 6.61 Å². The summed E-state index contributed by atoms with van der Waals surface area (Å²) in [5.41, 5.74) is -0.843. The number of Topliss-reactive ketones (excluding diaryl/α,β-unsaturated/α-hetero) is 1. The molecule has 0 unspecified atom stereocenters. The third kappa shape index (κ3) is 1.60. The van der Waals surface area contributed by atoms with E-state index in [1.165, 1.54) is 0 Å². The van der Waals surface area contributed by atoms with Crippen LogP contribution in [0.2, 0.25) is 0 Å². The lowest BCUT2D eigenvalue weighted by Gasteiger charge is -2.23. The number of rotatable bonds is 1. The molecule has 1 fully saturated rings. The second kappa shape index (κ2) is 2.29. The number of hydrogen-bond donors (Lipinski definition) is 1. The molecule has 1 saturated heterocycles. The largest absolute Gasteiger partial charge is 0.359 e. The van der Waals surface area contributed by atoms with E-state index in [0.717, 1.165) is 0 Å². The Bertz CT molecular complexity index is 189. The molecule has 0 aromatic carbocycles. The van der Waals surface area contributed by atoms with Crippen molar-refractivity contribution in [3.8, 4) is 0 Å². The van der Waals surface area contributed by atoms with E-state index in [4.69, 9.17) is 4.74 Å². The normalized spacial score (nSPS) is 35.6. The van der Waals surface area contributed by atoms with Gasteiger partial charge in [-0.2, -0.15) is 0 Å². The van der Waals surface area contributed by atoms with Crippen LogP contribution in [0.15, 0.2) is 0 Å². The smallest absolute Gasteiger partial charge is 0.151 e. The molecule has 3 nitrogen and oxygen atoms in total. The molecule has 1 rings (SSSR count). The minimum absolute atomic E-state index is 0.128. The third-order valence-electron chi connectivity index (χ3n) is 2.08. The highest BCUT2D eigenvalue weighted by Crippen LogP contribution is 2.22. The summed E-state index contributed by atoms with van der Waals surface area (Å²) in [6, 6.07) is 0. The van der Waals surface area contributed by atoms with E-state index in [-0.39, 0.29) is 11.5 Å². The topological polar surface area (TPSA) is 38.3 Å². The molecule has 11 heavy (non-hydrogen) atoms. The Morgan fingerprint density at radius 1 is 1.45 bits per heavy atom. The van der Waals surface area contributed by atoms with Crippen molar-refractivity contribution in [1.82, 2.24) is 5.32 Å². The first-order valence-electron chi connectivity index (χ1n) is 3.80. The van der Waals surface area contributed by atoms with Crippen LogP contribution in [-0.2, 0) is 9.53 Å². The first-order chi connectivity index (χ1) is 4.86. The Balaban J connectivity index is 2.73. The summed E-state index contributed by atoms with van der Waals surface area (Å²) in [5.74, 6) is 0.128. The van der Waals surface area contributed by atoms with Gasteiger partial charge in [0.25, 0.3) is 0 Å². The average molecular weight is 157 g/mol. The molecule has 0 spiro atoms. The fourth-order valence-corrected chi connectivity index (χ4v) is 1.25. The maximum atomic E-state index is 11.1. The Labute approximate surface area is 67.1 Å². The number of carbonyl (C=O) groups excluding carboxylic acids is 1. The van der Waals surface area contributed by atoms with Gasteiger partial charge in [0.05, 0.1) is 6.61 Å². The lowest BCUT2D eigenvalue weighted by Crippen LogP contribution is -2.51. The molecule has 0 aromatic rings. The molecular weight excluding hydrogens is 142 g/mol. The zero-order chi connectivity index (χ0) is 8.70. The molecule has 1 atom stereocenters. The second-order valence-electron chi connectivity index (χ2n) is 3.81. The van der Waals surface area contributed by atoms with Gasteiger partial charge in [0.1, 0.15) is 11.3 Å². The molecule has 0 aliphatic carbocycles. The van der Waals surface area contributed by atoms with E-state index < -0.39 is 5.54 Å². The first-order valence-corrected chi connectivity index (χ1v) is 3.80. The number of ketones is 1. The minimum atomic E-state index is -0.483. The first kappa shape index (κ1) is 8.68. The van der Waals surface area contributed by atoms with Gasteiger partial charge in [0, 0.05) is 0 Å². The lowest BCUT2D eigenvalue weighted by molar-refractivity contribution is -0.122. The Morgan fingerprint density at radius 2 is 2.00 bits per heavy atom.